The molecule has 0 saturated carbocycles. The van der Waals surface area contributed by atoms with Crippen LogP contribution in [-0.2, 0) is 4.79 Å². The smallest absolute Gasteiger partial charge is 0.261 e. The number of hydrogen-bond donors (Lipinski definition) is 2. The molecule has 4 nitrogen and oxygen atoms in total. The highest BCUT2D eigenvalue weighted by Crippen LogP contribution is 2.24. The maximum Gasteiger partial charge on any atom is 0.261 e. The van der Waals surface area contributed by atoms with Crippen LogP contribution < -0.4 is 15.8 Å². The molecule has 1 aromatic carbocycles. The first-order valence-corrected chi connectivity index (χ1v) is 5.96. The van der Waals surface area contributed by atoms with Gasteiger partial charge in [-0.3, -0.25) is 4.79 Å². The van der Waals surface area contributed by atoms with Crippen molar-refractivity contribution in [1.82, 2.24) is 5.32 Å². The molecule has 2 atom stereocenters. The molecule has 0 saturated heterocycles. The number of nitrogens with two attached hydrogens (primary N) is 1. The van der Waals surface area contributed by atoms with Crippen LogP contribution in [0.2, 0.25) is 0 Å². The fourth-order valence-corrected chi connectivity index (χ4v) is 1.52. The van der Waals surface area contributed by atoms with Gasteiger partial charge in [0, 0.05) is 18.2 Å². The number of carbonyl (C=O) groups excluding carboxylic acids is 1. The summed E-state index contributed by atoms with van der Waals surface area (Å²) in [6.45, 7) is 7.56. The first-order valence-electron chi connectivity index (χ1n) is 5.96. The predicted octanol–water partition coefficient (Wildman–Crippen LogP) is 1.78. The fraction of sp³-hybridized carbons (Fsp3) is 0.357. The van der Waals surface area contributed by atoms with Gasteiger partial charge in [0.05, 0.1) is 0 Å². The molecule has 0 bridgehead atoms. The van der Waals surface area contributed by atoms with Crippen LogP contribution >= 0.6 is 0 Å². The van der Waals surface area contributed by atoms with Crippen LogP contribution in [0.25, 0.3) is 0 Å². The Hall–Kier alpha value is -1.81. The Morgan fingerprint density at radius 3 is 2.78 bits per heavy atom. The number of amides is 1. The largest absolute Gasteiger partial charge is 0.481 e. The number of carbonyl (C=O) groups is 1. The standard InChI is InChI=1S/C14H20N2O2/c1-4-9-16-14(17)11(3)18-13-8-6-5-7-12(13)10(2)15/h4-8,10-11H,1,9,15H2,2-3H3,(H,16,17)/t10-,11?/m0/s1. The summed E-state index contributed by atoms with van der Waals surface area (Å²) in [6, 6.07) is 7.33. The number of hydrogen-bond acceptors (Lipinski definition) is 3. The molecule has 98 valence electrons. The molecular weight excluding hydrogens is 228 g/mol. The normalized spacial score (nSPS) is 13.5. The summed E-state index contributed by atoms with van der Waals surface area (Å²) in [5.41, 5.74) is 6.74. The first kappa shape index (κ1) is 14.3. The van der Waals surface area contributed by atoms with Gasteiger partial charge in [-0.1, -0.05) is 24.3 Å². The lowest BCUT2D eigenvalue weighted by molar-refractivity contribution is -0.127. The maximum atomic E-state index is 11.7. The maximum absolute atomic E-state index is 11.7. The Balaban J connectivity index is 2.72. The summed E-state index contributed by atoms with van der Waals surface area (Å²) >= 11 is 0. The third-order valence-corrected chi connectivity index (χ3v) is 2.50. The van der Waals surface area contributed by atoms with E-state index in [1.54, 1.807) is 13.0 Å². The minimum Gasteiger partial charge on any atom is -0.481 e. The summed E-state index contributed by atoms with van der Waals surface area (Å²) in [7, 11) is 0. The number of para-hydroxylation sites is 1. The Kier molecular flexibility index (Phi) is 5.39. The van der Waals surface area contributed by atoms with E-state index in [1.807, 2.05) is 31.2 Å². The van der Waals surface area contributed by atoms with Crippen molar-refractivity contribution in [2.75, 3.05) is 6.54 Å². The number of ether oxygens (including phenoxy) is 1. The molecule has 18 heavy (non-hydrogen) atoms. The molecule has 0 aliphatic carbocycles. The second-order valence-electron chi connectivity index (χ2n) is 4.12. The fourth-order valence-electron chi connectivity index (χ4n) is 1.52. The molecule has 0 spiro atoms. The highest BCUT2D eigenvalue weighted by molar-refractivity contribution is 5.80. The van der Waals surface area contributed by atoms with Crippen molar-refractivity contribution in [3.63, 3.8) is 0 Å². The van der Waals surface area contributed by atoms with E-state index in [0.29, 0.717) is 12.3 Å². The average molecular weight is 248 g/mol. The van der Waals surface area contributed by atoms with E-state index >= 15 is 0 Å². The Bertz CT molecular complexity index is 416. The molecule has 3 N–H and O–H groups in total. The van der Waals surface area contributed by atoms with Crippen LogP contribution in [0.3, 0.4) is 0 Å². The minimum atomic E-state index is -0.565. The van der Waals surface area contributed by atoms with Gasteiger partial charge < -0.3 is 15.8 Å². The van der Waals surface area contributed by atoms with Crippen molar-refractivity contribution in [3.05, 3.63) is 42.5 Å². The number of benzene rings is 1. The van der Waals surface area contributed by atoms with Gasteiger partial charge in [0.15, 0.2) is 6.10 Å². The van der Waals surface area contributed by atoms with Gasteiger partial charge in [0.25, 0.3) is 5.91 Å². The van der Waals surface area contributed by atoms with Gasteiger partial charge in [-0.25, -0.2) is 0 Å². The minimum absolute atomic E-state index is 0.135. The van der Waals surface area contributed by atoms with Crippen molar-refractivity contribution in [2.24, 2.45) is 5.73 Å². The van der Waals surface area contributed by atoms with Gasteiger partial charge in [0.2, 0.25) is 0 Å². The number of nitrogens with one attached hydrogen (secondary N) is 1. The van der Waals surface area contributed by atoms with Crippen molar-refractivity contribution in [3.8, 4) is 5.75 Å². The van der Waals surface area contributed by atoms with Crippen LogP contribution in [-0.4, -0.2) is 18.6 Å². The van der Waals surface area contributed by atoms with Crippen LogP contribution in [0, 0.1) is 0 Å². The second-order valence-corrected chi connectivity index (χ2v) is 4.12. The third kappa shape index (κ3) is 3.89. The first-order chi connectivity index (χ1) is 8.56. The highest BCUT2D eigenvalue weighted by atomic mass is 16.5. The quantitative estimate of drug-likeness (QED) is 0.754. The van der Waals surface area contributed by atoms with Crippen LogP contribution in [0.15, 0.2) is 36.9 Å². The Morgan fingerprint density at radius 2 is 2.17 bits per heavy atom. The molecule has 0 radical (unpaired) electrons. The van der Waals surface area contributed by atoms with Gasteiger partial charge >= 0.3 is 0 Å². The molecule has 0 aliphatic heterocycles. The van der Waals surface area contributed by atoms with Gasteiger partial charge in [-0.2, -0.15) is 0 Å². The van der Waals surface area contributed by atoms with E-state index in [-0.39, 0.29) is 11.9 Å². The molecule has 1 aromatic rings. The second kappa shape index (κ2) is 6.81. The number of rotatable bonds is 6. The average Bonchev–Trinajstić information content (AvgIpc) is 2.36. The van der Waals surface area contributed by atoms with Crippen molar-refractivity contribution in [2.45, 2.75) is 26.0 Å². The lowest BCUT2D eigenvalue weighted by Gasteiger charge is -2.18. The third-order valence-electron chi connectivity index (χ3n) is 2.50. The summed E-state index contributed by atoms with van der Waals surface area (Å²) in [5.74, 6) is 0.475. The zero-order valence-corrected chi connectivity index (χ0v) is 10.8. The van der Waals surface area contributed by atoms with Gasteiger partial charge in [0.1, 0.15) is 5.75 Å². The van der Waals surface area contributed by atoms with Crippen molar-refractivity contribution in [1.29, 1.82) is 0 Å². The molecule has 1 amide bonds. The monoisotopic (exact) mass is 248 g/mol. The summed E-state index contributed by atoms with van der Waals surface area (Å²) < 4.78 is 5.64. The Labute approximate surface area is 108 Å². The van der Waals surface area contributed by atoms with Gasteiger partial charge in [-0.05, 0) is 19.9 Å². The molecule has 1 unspecified atom stereocenters. The lowest BCUT2D eigenvalue weighted by Crippen LogP contribution is -2.36. The van der Waals surface area contributed by atoms with E-state index in [4.69, 9.17) is 10.5 Å². The summed E-state index contributed by atoms with van der Waals surface area (Å²) in [6.07, 6.45) is 1.06. The molecule has 0 aromatic heterocycles. The molecule has 1 rings (SSSR count). The van der Waals surface area contributed by atoms with Crippen molar-refractivity contribution < 1.29 is 9.53 Å². The summed E-state index contributed by atoms with van der Waals surface area (Å²) in [4.78, 5) is 11.7. The highest BCUT2D eigenvalue weighted by Gasteiger charge is 2.16. The SMILES string of the molecule is C=CCNC(=O)C(C)Oc1ccccc1[C@H](C)N. The Morgan fingerprint density at radius 1 is 1.50 bits per heavy atom. The van der Waals surface area contributed by atoms with Gasteiger partial charge in [-0.15, -0.1) is 6.58 Å². The van der Waals surface area contributed by atoms with E-state index in [9.17, 15) is 4.79 Å². The van der Waals surface area contributed by atoms with E-state index in [1.165, 1.54) is 0 Å². The summed E-state index contributed by atoms with van der Waals surface area (Å²) in [5, 5.41) is 2.69. The predicted molar refractivity (Wildman–Crippen MR) is 72.3 cm³/mol. The van der Waals surface area contributed by atoms with E-state index < -0.39 is 6.10 Å². The zero-order valence-electron chi connectivity index (χ0n) is 10.8. The van der Waals surface area contributed by atoms with Crippen molar-refractivity contribution >= 4 is 5.91 Å². The van der Waals surface area contributed by atoms with E-state index in [0.717, 1.165) is 5.56 Å². The molecule has 0 aliphatic rings. The molecular formula is C14H20N2O2. The topological polar surface area (TPSA) is 64.3 Å². The zero-order chi connectivity index (χ0) is 13.5. The molecule has 0 fully saturated rings. The van der Waals surface area contributed by atoms with Crippen LogP contribution in [0.5, 0.6) is 5.75 Å². The lowest BCUT2D eigenvalue weighted by atomic mass is 10.1. The molecule has 0 heterocycles. The van der Waals surface area contributed by atoms with Crippen LogP contribution in [0.4, 0.5) is 0 Å². The molecule has 4 heteroatoms. The van der Waals surface area contributed by atoms with Crippen LogP contribution in [0.1, 0.15) is 25.5 Å². The van der Waals surface area contributed by atoms with E-state index in [2.05, 4.69) is 11.9 Å².